The van der Waals surface area contributed by atoms with Gasteiger partial charge in [-0.25, -0.2) is 0 Å². The van der Waals surface area contributed by atoms with Gasteiger partial charge in [0.15, 0.2) is 5.69 Å². The molecule has 2 aromatic carbocycles. The number of carbonyl (C=O) groups excluding carboxylic acids is 2. The predicted octanol–water partition coefficient (Wildman–Crippen LogP) is 4.12. The standard InChI is InChI=1S/C31H31F3N6O3/c1-38-12-14-39(15-13-38)18-22-7-6-20(16-25(22)31(32,33)34)30(42)40-11-9-27-24(19-40)28(37-43-27)29(41)36-17-21-8-10-35-26-5-3-2-4-23(21)26/h2-8,10,16H,9,11-15,17-19H2,1H3,(H,36,41). The number of nitrogens with zero attached hydrogens (tertiary/aromatic N) is 5. The summed E-state index contributed by atoms with van der Waals surface area (Å²) >= 11 is 0. The summed E-state index contributed by atoms with van der Waals surface area (Å²) in [5.74, 6) is -0.520. The minimum atomic E-state index is -4.60. The number of pyridine rings is 1. The first-order chi connectivity index (χ1) is 20.7. The lowest BCUT2D eigenvalue weighted by Gasteiger charge is -2.33. The number of alkyl halides is 3. The molecule has 2 aliphatic heterocycles. The Morgan fingerprint density at radius 3 is 2.58 bits per heavy atom. The first kappa shape index (κ1) is 28.8. The van der Waals surface area contributed by atoms with Crippen LogP contribution in [0.1, 0.15) is 48.9 Å². The van der Waals surface area contributed by atoms with E-state index in [1.54, 1.807) is 6.20 Å². The largest absolute Gasteiger partial charge is 0.416 e. The van der Waals surface area contributed by atoms with E-state index in [2.05, 4.69) is 20.4 Å². The number of halogens is 3. The Balaban J connectivity index is 1.17. The molecule has 2 aromatic heterocycles. The summed E-state index contributed by atoms with van der Waals surface area (Å²) in [6, 6.07) is 13.2. The van der Waals surface area contributed by atoms with Gasteiger partial charge in [0, 0.05) is 74.9 Å². The summed E-state index contributed by atoms with van der Waals surface area (Å²) in [7, 11) is 1.99. The van der Waals surface area contributed by atoms with Crippen molar-refractivity contribution in [2.24, 2.45) is 0 Å². The highest BCUT2D eigenvalue weighted by Crippen LogP contribution is 2.34. The van der Waals surface area contributed by atoms with Gasteiger partial charge in [-0.2, -0.15) is 13.2 Å². The number of para-hydroxylation sites is 1. The molecular formula is C31H31F3N6O3. The molecule has 12 heteroatoms. The maximum atomic E-state index is 14.1. The summed E-state index contributed by atoms with van der Waals surface area (Å²) in [5, 5.41) is 7.74. The van der Waals surface area contributed by atoms with Crippen molar-refractivity contribution in [3.05, 3.63) is 94.0 Å². The third-order valence-corrected chi connectivity index (χ3v) is 8.16. The fourth-order valence-electron chi connectivity index (χ4n) is 5.67. The van der Waals surface area contributed by atoms with Gasteiger partial charge in [0.05, 0.1) is 17.6 Å². The number of benzene rings is 2. The zero-order valence-electron chi connectivity index (χ0n) is 23.7. The Hall–Kier alpha value is -4.29. The number of fused-ring (bicyclic) bond motifs is 2. The molecule has 4 heterocycles. The molecule has 1 saturated heterocycles. The van der Waals surface area contributed by atoms with Crippen LogP contribution >= 0.6 is 0 Å². The van der Waals surface area contributed by atoms with Gasteiger partial charge < -0.3 is 19.6 Å². The normalized spacial score (nSPS) is 16.3. The summed E-state index contributed by atoms with van der Waals surface area (Å²) in [4.78, 5) is 36.5. The molecule has 0 radical (unpaired) electrons. The second-order valence-electron chi connectivity index (χ2n) is 11.0. The molecule has 1 fully saturated rings. The van der Waals surface area contributed by atoms with E-state index < -0.39 is 23.6 Å². The summed E-state index contributed by atoms with van der Waals surface area (Å²) in [5.41, 5.74) is 1.50. The summed E-state index contributed by atoms with van der Waals surface area (Å²) < 4.78 is 47.7. The Kier molecular flexibility index (Phi) is 7.89. The fraction of sp³-hybridized carbons (Fsp3) is 0.355. The van der Waals surface area contributed by atoms with Crippen molar-refractivity contribution in [3.8, 4) is 0 Å². The lowest BCUT2D eigenvalue weighted by atomic mass is 10.00. The average Bonchev–Trinajstić information content (AvgIpc) is 3.44. The molecule has 4 aromatic rings. The van der Waals surface area contributed by atoms with E-state index in [0.717, 1.165) is 35.6 Å². The topological polar surface area (TPSA) is 94.8 Å². The van der Waals surface area contributed by atoms with Gasteiger partial charge in [-0.1, -0.05) is 29.4 Å². The molecule has 2 aliphatic rings. The number of carbonyl (C=O) groups is 2. The number of amides is 2. The molecule has 0 bridgehead atoms. The zero-order chi connectivity index (χ0) is 30.1. The third kappa shape index (κ3) is 6.11. The minimum Gasteiger partial charge on any atom is -0.360 e. The second-order valence-corrected chi connectivity index (χ2v) is 11.0. The maximum Gasteiger partial charge on any atom is 0.416 e. The van der Waals surface area contributed by atoms with Crippen LogP contribution in [0.2, 0.25) is 0 Å². The summed E-state index contributed by atoms with van der Waals surface area (Å²) in [6.07, 6.45) is -2.63. The van der Waals surface area contributed by atoms with Crippen molar-refractivity contribution in [1.29, 1.82) is 0 Å². The third-order valence-electron chi connectivity index (χ3n) is 8.16. The van der Waals surface area contributed by atoms with Gasteiger partial charge in [0.2, 0.25) is 0 Å². The van der Waals surface area contributed by atoms with Crippen molar-refractivity contribution >= 4 is 22.7 Å². The quantitative estimate of drug-likeness (QED) is 0.360. The second kappa shape index (κ2) is 11.8. The number of rotatable bonds is 6. The van der Waals surface area contributed by atoms with E-state index in [1.807, 2.05) is 42.3 Å². The van der Waals surface area contributed by atoms with Gasteiger partial charge >= 0.3 is 6.18 Å². The number of hydrogen-bond donors (Lipinski definition) is 1. The van der Waals surface area contributed by atoms with Gasteiger partial charge in [0.1, 0.15) is 5.76 Å². The Labute approximate surface area is 246 Å². The minimum absolute atomic E-state index is 0.00298. The number of nitrogens with one attached hydrogen (secondary N) is 1. The molecule has 0 unspecified atom stereocenters. The molecule has 224 valence electrons. The summed E-state index contributed by atoms with van der Waals surface area (Å²) in [6.45, 7) is 3.57. The van der Waals surface area contributed by atoms with Crippen LogP contribution in [0.3, 0.4) is 0 Å². The number of hydrogen-bond acceptors (Lipinski definition) is 7. The van der Waals surface area contributed by atoms with Gasteiger partial charge in [0.25, 0.3) is 11.8 Å². The molecule has 43 heavy (non-hydrogen) atoms. The molecule has 1 N–H and O–H groups in total. The lowest BCUT2D eigenvalue weighted by molar-refractivity contribution is -0.138. The van der Waals surface area contributed by atoms with E-state index in [9.17, 15) is 22.8 Å². The Morgan fingerprint density at radius 2 is 1.79 bits per heavy atom. The van der Waals surface area contributed by atoms with Crippen LogP contribution in [0, 0.1) is 0 Å². The molecule has 9 nitrogen and oxygen atoms in total. The fourth-order valence-corrected chi connectivity index (χ4v) is 5.67. The molecule has 0 aliphatic carbocycles. The monoisotopic (exact) mass is 592 g/mol. The van der Waals surface area contributed by atoms with Crippen LogP contribution in [0.5, 0.6) is 0 Å². The highest BCUT2D eigenvalue weighted by molar-refractivity contribution is 5.96. The Bertz CT molecular complexity index is 1660. The SMILES string of the molecule is CN1CCN(Cc2ccc(C(=O)N3CCc4onc(C(=O)NCc5ccnc6ccccc56)c4C3)cc2C(F)(F)F)CC1. The van der Waals surface area contributed by atoms with Crippen LogP contribution in [-0.2, 0) is 32.2 Å². The van der Waals surface area contributed by atoms with Crippen LogP contribution in [-0.4, -0.2) is 76.4 Å². The first-order valence-corrected chi connectivity index (χ1v) is 14.2. The first-order valence-electron chi connectivity index (χ1n) is 14.2. The van der Waals surface area contributed by atoms with Crippen LogP contribution in [0.4, 0.5) is 13.2 Å². The zero-order valence-corrected chi connectivity index (χ0v) is 23.7. The van der Waals surface area contributed by atoms with E-state index >= 15 is 0 Å². The molecule has 2 amide bonds. The van der Waals surface area contributed by atoms with Crippen LogP contribution < -0.4 is 5.32 Å². The molecule has 6 rings (SSSR count). The van der Waals surface area contributed by atoms with Gasteiger partial charge in [-0.05, 0) is 42.4 Å². The van der Waals surface area contributed by atoms with Crippen molar-refractivity contribution < 1.29 is 27.3 Å². The van der Waals surface area contributed by atoms with Crippen molar-refractivity contribution in [2.45, 2.75) is 32.2 Å². The number of likely N-dealkylation sites (N-methyl/N-ethyl adjacent to an activating group) is 1. The van der Waals surface area contributed by atoms with E-state index in [1.165, 1.54) is 17.0 Å². The van der Waals surface area contributed by atoms with E-state index in [0.29, 0.717) is 30.8 Å². The number of piperazine rings is 1. The molecule has 0 spiro atoms. The predicted molar refractivity (Wildman–Crippen MR) is 152 cm³/mol. The van der Waals surface area contributed by atoms with Gasteiger partial charge in [-0.3, -0.25) is 19.5 Å². The number of aromatic nitrogens is 2. The Morgan fingerprint density at radius 1 is 1.00 bits per heavy atom. The van der Waals surface area contributed by atoms with E-state index in [-0.39, 0.29) is 43.0 Å². The molecule has 0 saturated carbocycles. The van der Waals surface area contributed by atoms with E-state index in [4.69, 9.17) is 4.52 Å². The van der Waals surface area contributed by atoms with Crippen LogP contribution in [0.15, 0.2) is 59.3 Å². The van der Waals surface area contributed by atoms with Crippen molar-refractivity contribution in [2.75, 3.05) is 39.8 Å². The highest BCUT2D eigenvalue weighted by atomic mass is 19.4. The smallest absolute Gasteiger partial charge is 0.360 e. The van der Waals surface area contributed by atoms with Crippen molar-refractivity contribution in [1.82, 2.24) is 30.2 Å². The van der Waals surface area contributed by atoms with Crippen molar-refractivity contribution in [3.63, 3.8) is 0 Å². The van der Waals surface area contributed by atoms with Crippen LogP contribution in [0.25, 0.3) is 10.9 Å². The molecule has 0 atom stereocenters. The molecular weight excluding hydrogens is 561 g/mol. The highest BCUT2D eigenvalue weighted by Gasteiger charge is 2.36. The average molecular weight is 593 g/mol. The van der Waals surface area contributed by atoms with Gasteiger partial charge in [-0.15, -0.1) is 0 Å². The lowest BCUT2D eigenvalue weighted by Crippen LogP contribution is -2.44. The maximum absolute atomic E-state index is 14.1.